The van der Waals surface area contributed by atoms with Crippen LogP contribution in [0.1, 0.15) is 39.1 Å². The van der Waals surface area contributed by atoms with Gasteiger partial charge in [0.1, 0.15) is 17.2 Å². The van der Waals surface area contributed by atoms with Crippen molar-refractivity contribution < 1.29 is 31.8 Å². The van der Waals surface area contributed by atoms with Gasteiger partial charge in [0.15, 0.2) is 5.78 Å². The summed E-state index contributed by atoms with van der Waals surface area (Å²) >= 11 is 11.9. The maximum absolute atomic E-state index is 13.3. The molecule has 0 radical (unpaired) electrons. The normalized spacial score (nSPS) is 13.5. The van der Waals surface area contributed by atoms with E-state index in [0.717, 1.165) is 10.6 Å². The van der Waals surface area contributed by atoms with Gasteiger partial charge < -0.3 is 4.18 Å². The summed E-state index contributed by atoms with van der Waals surface area (Å²) < 4.78 is 30.2. The Morgan fingerprint density at radius 1 is 0.868 bits per heavy atom. The number of rotatable bonds is 8. The summed E-state index contributed by atoms with van der Waals surface area (Å²) in [6.45, 7) is 1.18. The van der Waals surface area contributed by atoms with Crippen LogP contribution in [0.2, 0.25) is 10.0 Å². The van der Waals surface area contributed by atoms with E-state index in [1.54, 1.807) is 12.1 Å². The Bertz CT molecular complexity index is 1520. The van der Waals surface area contributed by atoms with Crippen molar-refractivity contribution >= 4 is 56.8 Å². The van der Waals surface area contributed by atoms with Gasteiger partial charge in [-0.3, -0.25) is 19.2 Å². The average Bonchev–Trinajstić information content (AvgIpc) is 3.21. The number of hydrogen-bond acceptors (Lipinski definition) is 7. The van der Waals surface area contributed by atoms with Crippen LogP contribution in [0.5, 0.6) is 5.75 Å². The Labute approximate surface area is 228 Å². The number of carbonyl (C=O) groups excluding carboxylic acids is 4. The summed E-state index contributed by atoms with van der Waals surface area (Å²) in [5, 5.41) is 1.71. The third kappa shape index (κ3) is 5.88. The Balaban J connectivity index is 1.55. The maximum atomic E-state index is 13.3. The van der Waals surface area contributed by atoms with Crippen LogP contribution in [0.25, 0.3) is 0 Å². The Hall–Kier alpha value is -3.73. The van der Waals surface area contributed by atoms with E-state index in [1.165, 1.54) is 54.6 Å². The Morgan fingerprint density at radius 3 is 2.03 bits per heavy atom. The van der Waals surface area contributed by atoms with Gasteiger partial charge in [-0.05, 0) is 61.5 Å². The Kier molecular flexibility index (Phi) is 7.86. The van der Waals surface area contributed by atoms with Gasteiger partial charge in [-0.2, -0.15) is 13.4 Å². The molecule has 3 amide bonds. The van der Waals surface area contributed by atoms with Gasteiger partial charge >= 0.3 is 10.1 Å². The number of hydrazine groups is 1. The Morgan fingerprint density at radius 2 is 1.45 bits per heavy atom. The molecule has 0 aromatic heterocycles. The van der Waals surface area contributed by atoms with E-state index in [0.29, 0.717) is 5.01 Å². The van der Waals surface area contributed by atoms with Crippen LogP contribution >= 0.6 is 23.2 Å². The second-order valence-corrected chi connectivity index (χ2v) is 10.7. The number of benzene rings is 3. The first kappa shape index (κ1) is 27.3. The molecule has 196 valence electrons. The van der Waals surface area contributed by atoms with Crippen molar-refractivity contribution in [3.63, 3.8) is 0 Å². The van der Waals surface area contributed by atoms with Crippen LogP contribution < -0.4 is 4.18 Å². The highest BCUT2D eigenvalue weighted by molar-refractivity contribution is 7.87. The summed E-state index contributed by atoms with van der Waals surface area (Å²) in [6, 6.07) is 15.3. The molecule has 0 bridgehead atoms. The van der Waals surface area contributed by atoms with Crippen LogP contribution in [-0.4, -0.2) is 48.5 Å². The molecule has 1 aliphatic rings. The summed E-state index contributed by atoms with van der Waals surface area (Å²) in [4.78, 5) is 51.1. The topological polar surface area (TPSA) is 118 Å². The van der Waals surface area contributed by atoms with Crippen molar-refractivity contribution in [3.05, 3.63) is 93.5 Å². The second-order valence-electron chi connectivity index (χ2n) is 8.39. The average molecular weight is 575 g/mol. The number of hydrogen-bond donors (Lipinski definition) is 0. The van der Waals surface area contributed by atoms with Crippen molar-refractivity contribution in [2.45, 2.75) is 24.7 Å². The van der Waals surface area contributed by atoms with E-state index < -0.39 is 40.2 Å². The van der Waals surface area contributed by atoms with Crippen molar-refractivity contribution in [2.24, 2.45) is 0 Å². The highest BCUT2D eigenvalue weighted by Crippen LogP contribution is 2.25. The SMILES string of the molecule is Cc1ccc(S(=O)(=O)Oc2ccc(C(=O)CN(C(=O)c3ccc(Cl)c(Cl)c3)N3C(=O)CCC3=O)cc2)cc1. The zero-order valence-corrected chi connectivity index (χ0v) is 22.2. The standard InChI is InChI=1S/C26H20Cl2N2O7S/c1-16-2-9-20(10-3-16)38(35,36)37-19-7-4-17(5-8-19)23(31)15-29(30-24(32)12-13-25(30)33)26(34)18-6-11-21(27)22(28)14-18/h2-11,14H,12-13,15H2,1H3. The fraction of sp³-hybridized carbons (Fsp3) is 0.154. The van der Waals surface area contributed by atoms with Crippen LogP contribution in [0, 0.1) is 6.92 Å². The second kappa shape index (κ2) is 10.9. The first-order valence-corrected chi connectivity index (χ1v) is 13.4. The zero-order valence-electron chi connectivity index (χ0n) is 19.9. The van der Waals surface area contributed by atoms with Crippen molar-refractivity contribution in [3.8, 4) is 5.75 Å². The molecule has 0 atom stereocenters. The minimum Gasteiger partial charge on any atom is -0.379 e. The van der Waals surface area contributed by atoms with Gasteiger partial charge in [-0.1, -0.05) is 40.9 Å². The predicted octanol–water partition coefficient (Wildman–Crippen LogP) is 4.46. The largest absolute Gasteiger partial charge is 0.379 e. The smallest absolute Gasteiger partial charge is 0.339 e. The maximum Gasteiger partial charge on any atom is 0.339 e. The van der Waals surface area contributed by atoms with Gasteiger partial charge in [-0.25, -0.2) is 5.01 Å². The molecule has 0 aliphatic carbocycles. The molecule has 4 rings (SSSR count). The van der Waals surface area contributed by atoms with Gasteiger partial charge in [0, 0.05) is 24.0 Å². The minimum atomic E-state index is -4.09. The van der Waals surface area contributed by atoms with Crippen LogP contribution in [0.3, 0.4) is 0 Å². The molecule has 1 fully saturated rings. The van der Waals surface area contributed by atoms with E-state index >= 15 is 0 Å². The number of ketones is 1. The molecular formula is C26H20Cl2N2O7S. The lowest BCUT2D eigenvalue weighted by molar-refractivity contribution is -0.152. The summed E-state index contributed by atoms with van der Waals surface area (Å²) in [5.74, 6) is -2.69. The molecular weight excluding hydrogens is 555 g/mol. The van der Waals surface area contributed by atoms with Gasteiger partial charge in [-0.15, -0.1) is 0 Å². The van der Waals surface area contributed by atoms with E-state index in [-0.39, 0.29) is 44.7 Å². The lowest BCUT2D eigenvalue weighted by Crippen LogP contribution is -2.51. The number of amides is 3. The number of halogens is 2. The minimum absolute atomic E-state index is 0.0183. The molecule has 1 saturated heterocycles. The first-order valence-electron chi connectivity index (χ1n) is 11.2. The molecule has 1 aliphatic heterocycles. The highest BCUT2D eigenvalue weighted by Gasteiger charge is 2.38. The lowest BCUT2D eigenvalue weighted by Gasteiger charge is -2.29. The number of aryl methyl sites for hydroxylation is 1. The van der Waals surface area contributed by atoms with Gasteiger partial charge in [0.2, 0.25) is 11.8 Å². The number of imide groups is 1. The number of nitrogens with zero attached hydrogens (tertiary/aromatic N) is 2. The summed E-state index contributed by atoms with van der Waals surface area (Å²) in [6.07, 6.45) is -0.195. The first-order chi connectivity index (χ1) is 18.0. The molecule has 0 saturated carbocycles. The third-order valence-corrected chi connectivity index (χ3v) is 7.65. The van der Waals surface area contributed by atoms with E-state index in [2.05, 4.69) is 0 Å². The van der Waals surface area contributed by atoms with E-state index in [9.17, 15) is 27.6 Å². The quantitative estimate of drug-likeness (QED) is 0.221. The lowest BCUT2D eigenvalue weighted by atomic mass is 10.1. The molecule has 3 aromatic carbocycles. The van der Waals surface area contributed by atoms with Crippen LogP contribution in [-0.2, 0) is 19.7 Å². The number of Topliss-reactive ketones (excluding diaryl/α,β-unsaturated/α-hetero) is 1. The van der Waals surface area contributed by atoms with Gasteiger partial charge in [0.25, 0.3) is 5.91 Å². The molecule has 0 spiro atoms. The van der Waals surface area contributed by atoms with E-state index in [4.69, 9.17) is 27.4 Å². The zero-order chi connectivity index (χ0) is 27.6. The molecule has 0 N–H and O–H groups in total. The molecule has 1 heterocycles. The van der Waals surface area contributed by atoms with Crippen LogP contribution in [0.15, 0.2) is 71.6 Å². The van der Waals surface area contributed by atoms with Crippen molar-refractivity contribution in [1.82, 2.24) is 10.0 Å². The van der Waals surface area contributed by atoms with Crippen molar-refractivity contribution in [1.29, 1.82) is 0 Å². The summed E-state index contributed by atoms with van der Waals surface area (Å²) in [7, 11) is -4.09. The van der Waals surface area contributed by atoms with Gasteiger partial charge in [0.05, 0.1) is 10.0 Å². The van der Waals surface area contributed by atoms with Crippen molar-refractivity contribution in [2.75, 3.05) is 6.54 Å². The monoisotopic (exact) mass is 574 g/mol. The van der Waals surface area contributed by atoms with E-state index in [1.807, 2.05) is 6.92 Å². The van der Waals surface area contributed by atoms with Crippen LogP contribution in [0.4, 0.5) is 0 Å². The number of carbonyl (C=O) groups is 4. The fourth-order valence-corrected chi connectivity index (χ4v) is 4.88. The third-order valence-electron chi connectivity index (χ3n) is 5.65. The molecule has 0 unspecified atom stereocenters. The predicted molar refractivity (Wildman–Crippen MR) is 138 cm³/mol. The summed E-state index contributed by atoms with van der Waals surface area (Å²) in [5.41, 5.74) is 0.997. The fourth-order valence-electron chi connectivity index (χ4n) is 3.65. The molecule has 9 nitrogen and oxygen atoms in total. The highest BCUT2D eigenvalue weighted by atomic mass is 35.5. The molecule has 3 aromatic rings. The molecule has 12 heteroatoms. The molecule has 38 heavy (non-hydrogen) atoms.